The molecule has 3 rings (SSSR count). The third kappa shape index (κ3) is 4.10. The number of amidine groups is 1. The summed E-state index contributed by atoms with van der Waals surface area (Å²) in [6.07, 6.45) is 1.04. The Morgan fingerprint density at radius 1 is 1.28 bits per heavy atom. The van der Waals surface area contributed by atoms with Gasteiger partial charge in [0.05, 0.1) is 25.1 Å². The van der Waals surface area contributed by atoms with Gasteiger partial charge in [0, 0.05) is 16.1 Å². The third-order valence-corrected chi connectivity index (χ3v) is 3.70. The summed E-state index contributed by atoms with van der Waals surface area (Å²) in [5, 5.41) is 4.43. The zero-order valence-corrected chi connectivity index (χ0v) is 14.2. The van der Waals surface area contributed by atoms with Gasteiger partial charge in [-0.2, -0.15) is 5.10 Å². The van der Waals surface area contributed by atoms with Crippen molar-refractivity contribution in [2.24, 2.45) is 15.1 Å². The molecule has 1 heterocycles. The summed E-state index contributed by atoms with van der Waals surface area (Å²) in [7, 11) is 1.29. The van der Waals surface area contributed by atoms with Gasteiger partial charge in [-0.05, 0) is 18.2 Å². The predicted octanol–water partition coefficient (Wildman–Crippen LogP) is 2.97. The smallest absolute Gasteiger partial charge is 0.350 e. The van der Waals surface area contributed by atoms with Crippen LogP contribution in [0.2, 0.25) is 5.02 Å². The number of carbonyl (C=O) groups excluding carboxylic acids is 1. The van der Waals surface area contributed by atoms with E-state index in [1.165, 1.54) is 7.11 Å². The van der Waals surface area contributed by atoms with E-state index in [0.717, 1.165) is 28.7 Å². The van der Waals surface area contributed by atoms with Gasteiger partial charge in [0.15, 0.2) is 0 Å². The highest BCUT2D eigenvalue weighted by Crippen LogP contribution is 2.28. The molecule has 2 aromatic rings. The van der Waals surface area contributed by atoms with Gasteiger partial charge in [-0.1, -0.05) is 41.9 Å². The number of benzene rings is 2. The molecule has 0 aliphatic carbocycles. The maximum Gasteiger partial charge on any atom is 0.350 e. The molecule has 0 bridgehead atoms. The third-order valence-electron chi connectivity index (χ3n) is 3.47. The molecule has 0 unspecified atom stereocenters. The first-order chi connectivity index (χ1) is 12.2. The SMILES string of the molecule is COC(=O)C=NNC1=Nc2ccc(Cl)cc2C(c2ccccc2)=NC1. The highest BCUT2D eigenvalue weighted by molar-refractivity contribution is 6.31. The second-order valence-corrected chi connectivity index (χ2v) is 5.58. The molecule has 6 nitrogen and oxygen atoms in total. The van der Waals surface area contributed by atoms with E-state index in [9.17, 15) is 4.79 Å². The van der Waals surface area contributed by atoms with E-state index >= 15 is 0 Å². The number of methoxy groups -OCH3 is 1. The normalized spacial score (nSPS) is 13.5. The lowest BCUT2D eigenvalue weighted by Crippen LogP contribution is -2.21. The molecule has 0 atom stereocenters. The zero-order chi connectivity index (χ0) is 17.6. The van der Waals surface area contributed by atoms with Crippen molar-refractivity contribution >= 4 is 41.0 Å². The summed E-state index contributed by atoms with van der Waals surface area (Å²) >= 11 is 6.16. The molecule has 1 aliphatic rings. The van der Waals surface area contributed by atoms with E-state index in [2.05, 4.69) is 25.2 Å². The quantitative estimate of drug-likeness (QED) is 0.523. The number of halogens is 1. The first-order valence-corrected chi connectivity index (χ1v) is 7.89. The topological polar surface area (TPSA) is 75.4 Å². The Bertz CT molecular complexity index is 876. The minimum absolute atomic E-state index is 0.287. The summed E-state index contributed by atoms with van der Waals surface area (Å²) < 4.78 is 4.50. The van der Waals surface area contributed by atoms with Gasteiger partial charge in [0.1, 0.15) is 12.1 Å². The highest BCUT2D eigenvalue weighted by atomic mass is 35.5. The van der Waals surface area contributed by atoms with Crippen LogP contribution in [-0.4, -0.2) is 37.4 Å². The molecule has 2 aromatic carbocycles. The van der Waals surface area contributed by atoms with Gasteiger partial charge < -0.3 is 4.74 Å². The number of carbonyl (C=O) groups is 1. The molecule has 0 fully saturated rings. The molecule has 0 saturated carbocycles. The minimum atomic E-state index is -0.553. The first kappa shape index (κ1) is 16.9. The van der Waals surface area contributed by atoms with Gasteiger partial charge in [-0.3, -0.25) is 10.4 Å². The summed E-state index contributed by atoms with van der Waals surface area (Å²) in [5.74, 6) is -0.0444. The van der Waals surface area contributed by atoms with Gasteiger partial charge in [-0.25, -0.2) is 9.79 Å². The fourth-order valence-electron chi connectivity index (χ4n) is 2.33. The van der Waals surface area contributed by atoms with Crippen LogP contribution in [0.1, 0.15) is 11.1 Å². The van der Waals surface area contributed by atoms with Gasteiger partial charge >= 0.3 is 5.97 Å². The van der Waals surface area contributed by atoms with Gasteiger partial charge in [0.25, 0.3) is 0 Å². The Kier molecular flexibility index (Phi) is 5.20. The summed E-state index contributed by atoms with van der Waals surface area (Å²) in [4.78, 5) is 20.3. The molecular weight excluding hydrogens is 340 g/mol. The number of nitrogens with zero attached hydrogens (tertiary/aromatic N) is 3. The molecule has 25 heavy (non-hydrogen) atoms. The predicted molar refractivity (Wildman–Crippen MR) is 99.1 cm³/mol. The van der Waals surface area contributed by atoms with E-state index in [0.29, 0.717) is 10.9 Å². The van der Waals surface area contributed by atoms with Crippen LogP contribution in [0, 0.1) is 0 Å². The zero-order valence-electron chi connectivity index (χ0n) is 13.4. The molecule has 0 saturated heterocycles. The molecule has 0 aromatic heterocycles. The van der Waals surface area contributed by atoms with Gasteiger partial charge in [-0.15, -0.1) is 0 Å². The van der Waals surface area contributed by atoms with Crippen LogP contribution in [0.4, 0.5) is 5.69 Å². The number of aliphatic imine (C=N–C) groups is 2. The summed E-state index contributed by atoms with van der Waals surface area (Å²) in [6, 6.07) is 15.3. The average molecular weight is 355 g/mol. The Labute approximate surface area is 149 Å². The van der Waals surface area contributed by atoms with Crippen molar-refractivity contribution in [2.75, 3.05) is 13.7 Å². The molecule has 1 aliphatic heterocycles. The summed E-state index contributed by atoms with van der Waals surface area (Å²) in [6.45, 7) is 0.287. The molecule has 0 amide bonds. The number of hydrogen-bond acceptors (Lipinski definition) is 6. The van der Waals surface area contributed by atoms with Gasteiger partial charge in [0.2, 0.25) is 0 Å². The van der Waals surface area contributed by atoms with E-state index in [4.69, 9.17) is 11.6 Å². The molecule has 7 heteroatoms. The number of hydrazone groups is 1. The number of fused-ring (bicyclic) bond motifs is 1. The first-order valence-electron chi connectivity index (χ1n) is 7.52. The van der Waals surface area contributed by atoms with E-state index in [1.807, 2.05) is 42.5 Å². The van der Waals surface area contributed by atoms with Crippen LogP contribution >= 0.6 is 11.6 Å². The van der Waals surface area contributed by atoms with E-state index in [-0.39, 0.29) is 6.54 Å². The van der Waals surface area contributed by atoms with Crippen LogP contribution in [0.15, 0.2) is 63.6 Å². The van der Waals surface area contributed by atoms with Crippen molar-refractivity contribution in [2.45, 2.75) is 0 Å². The van der Waals surface area contributed by atoms with Crippen LogP contribution < -0.4 is 5.43 Å². The van der Waals surface area contributed by atoms with Crippen LogP contribution in [-0.2, 0) is 9.53 Å². The summed E-state index contributed by atoms with van der Waals surface area (Å²) in [5.41, 5.74) is 6.07. The van der Waals surface area contributed by atoms with Crippen molar-refractivity contribution in [3.8, 4) is 0 Å². The second kappa shape index (κ2) is 7.72. The van der Waals surface area contributed by atoms with Crippen molar-refractivity contribution in [3.63, 3.8) is 0 Å². The Morgan fingerprint density at radius 3 is 2.84 bits per heavy atom. The molecular formula is C18H15ClN4O2. The van der Waals surface area contributed by atoms with Crippen LogP contribution in [0.5, 0.6) is 0 Å². The van der Waals surface area contributed by atoms with Crippen molar-refractivity contribution in [3.05, 3.63) is 64.7 Å². The largest absolute Gasteiger partial charge is 0.465 e. The maximum absolute atomic E-state index is 11.1. The number of nitrogens with one attached hydrogen (secondary N) is 1. The monoisotopic (exact) mass is 354 g/mol. The Hall–Kier alpha value is -2.99. The van der Waals surface area contributed by atoms with Crippen LogP contribution in [0.3, 0.4) is 0 Å². The molecule has 1 N–H and O–H groups in total. The lowest BCUT2D eigenvalue weighted by atomic mass is 10.0. The Balaban J connectivity index is 1.97. The fraction of sp³-hybridized carbons (Fsp3) is 0.111. The van der Waals surface area contributed by atoms with E-state index in [1.54, 1.807) is 6.07 Å². The Morgan fingerprint density at radius 2 is 2.08 bits per heavy atom. The second-order valence-electron chi connectivity index (χ2n) is 5.14. The molecule has 0 spiro atoms. The number of rotatable bonds is 3. The fourth-order valence-corrected chi connectivity index (χ4v) is 2.50. The molecule has 126 valence electrons. The minimum Gasteiger partial charge on any atom is -0.465 e. The standard InChI is InChI=1S/C18H15ClN4O2/c1-25-17(24)11-21-23-16-10-20-18(12-5-3-2-4-6-12)14-9-13(19)7-8-15(14)22-16/h2-9,11H,10H2,1H3,(H,22,23). The lowest BCUT2D eigenvalue weighted by molar-refractivity contribution is -0.132. The number of hydrogen-bond donors (Lipinski definition) is 1. The number of ether oxygens (including phenoxy) is 1. The van der Waals surface area contributed by atoms with Crippen molar-refractivity contribution < 1.29 is 9.53 Å². The number of esters is 1. The van der Waals surface area contributed by atoms with Crippen LogP contribution in [0.25, 0.3) is 0 Å². The molecule has 0 radical (unpaired) electrons. The average Bonchev–Trinajstić information content (AvgIpc) is 2.81. The van der Waals surface area contributed by atoms with Crippen molar-refractivity contribution in [1.82, 2.24) is 5.43 Å². The maximum atomic E-state index is 11.1. The van der Waals surface area contributed by atoms with E-state index < -0.39 is 5.97 Å². The highest BCUT2D eigenvalue weighted by Gasteiger charge is 2.16. The lowest BCUT2D eigenvalue weighted by Gasteiger charge is -2.08. The van der Waals surface area contributed by atoms with Crippen molar-refractivity contribution in [1.29, 1.82) is 0 Å².